The molecule has 3 rings (SSSR count). The first kappa shape index (κ1) is 17.8. The van der Waals surface area contributed by atoms with Crippen molar-refractivity contribution in [1.82, 2.24) is 0 Å². The van der Waals surface area contributed by atoms with E-state index < -0.39 is 11.7 Å². The molecule has 0 bridgehead atoms. The van der Waals surface area contributed by atoms with Crippen molar-refractivity contribution >= 4 is 11.6 Å². The summed E-state index contributed by atoms with van der Waals surface area (Å²) < 4.78 is 38.7. The average molecular weight is 327 g/mol. The number of hydrogen-bond acceptors (Lipinski definition) is 1. The number of rotatable bonds is 2. The molecule has 1 aliphatic carbocycles. The minimum absolute atomic E-state index is 0.0475. The minimum Gasteiger partial charge on any atom is -0.312 e. The third kappa shape index (κ3) is 4.06. The van der Waals surface area contributed by atoms with Gasteiger partial charge in [0.1, 0.15) is 0 Å². The van der Waals surface area contributed by atoms with Gasteiger partial charge in [0.15, 0.2) is 0 Å². The quantitative estimate of drug-likeness (QED) is 0.731. The number of halogens is 3. The van der Waals surface area contributed by atoms with Crippen LogP contribution in [0.3, 0.4) is 0 Å². The average Bonchev–Trinajstić information content (AvgIpc) is 3.04. The molecule has 128 valence electrons. The fourth-order valence-corrected chi connectivity index (χ4v) is 3.37. The molecule has 5 heteroatoms. The Bertz CT molecular complexity index is 548. The van der Waals surface area contributed by atoms with Gasteiger partial charge in [-0.05, 0) is 42.9 Å². The molecular weight excluding hydrogens is 303 g/mol. The smallest absolute Gasteiger partial charge is 0.312 e. The standard InChI is InChI=1S/C16H18F3NO.C2H6/c17-16(18,19)13-7-5-12-6-8-15(21)20(14(12)9-13)10-11-3-1-2-4-11;1-2/h5,7,9,11H,1-4,6,8,10H2;1-2H3. The highest BCUT2D eigenvalue weighted by molar-refractivity contribution is 5.96. The van der Waals surface area contributed by atoms with Crippen LogP contribution in [0.15, 0.2) is 18.2 Å². The van der Waals surface area contributed by atoms with Crippen LogP contribution in [0.25, 0.3) is 0 Å². The third-order valence-electron chi connectivity index (χ3n) is 4.53. The van der Waals surface area contributed by atoms with Gasteiger partial charge >= 0.3 is 6.18 Å². The predicted molar refractivity (Wildman–Crippen MR) is 85.4 cm³/mol. The second-order valence-electron chi connectivity index (χ2n) is 6.00. The summed E-state index contributed by atoms with van der Waals surface area (Å²) in [7, 11) is 0. The Labute approximate surface area is 135 Å². The first-order valence-corrected chi connectivity index (χ1v) is 8.45. The Morgan fingerprint density at radius 3 is 2.39 bits per heavy atom. The van der Waals surface area contributed by atoms with Crippen LogP contribution in [-0.2, 0) is 17.4 Å². The fraction of sp³-hybridized carbons (Fsp3) is 0.611. The number of aryl methyl sites for hydroxylation is 1. The van der Waals surface area contributed by atoms with E-state index in [1.54, 1.807) is 4.90 Å². The fourth-order valence-electron chi connectivity index (χ4n) is 3.37. The zero-order valence-electron chi connectivity index (χ0n) is 13.7. The summed E-state index contributed by atoms with van der Waals surface area (Å²) in [6.45, 7) is 4.56. The summed E-state index contributed by atoms with van der Waals surface area (Å²) in [6, 6.07) is 3.77. The van der Waals surface area contributed by atoms with Crippen LogP contribution in [0, 0.1) is 5.92 Å². The Hall–Kier alpha value is -1.52. The van der Waals surface area contributed by atoms with Crippen LogP contribution >= 0.6 is 0 Å². The van der Waals surface area contributed by atoms with Crippen LogP contribution in [0.2, 0.25) is 0 Å². The Morgan fingerprint density at radius 2 is 1.78 bits per heavy atom. The summed E-state index contributed by atoms with van der Waals surface area (Å²) in [5, 5.41) is 0. The largest absolute Gasteiger partial charge is 0.416 e. The zero-order chi connectivity index (χ0) is 17.0. The van der Waals surface area contributed by atoms with Crippen molar-refractivity contribution < 1.29 is 18.0 Å². The van der Waals surface area contributed by atoms with E-state index in [2.05, 4.69) is 0 Å². The maximum Gasteiger partial charge on any atom is 0.416 e. The van der Waals surface area contributed by atoms with E-state index in [-0.39, 0.29) is 5.91 Å². The zero-order valence-corrected chi connectivity index (χ0v) is 13.7. The Morgan fingerprint density at radius 1 is 1.13 bits per heavy atom. The molecule has 1 fully saturated rings. The lowest BCUT2D eigenvalue weighted by Gasteiger charge is -2.32. The number of carbonyl (C=O) groups is 1. The second-order valence-corrected chi connectivity index (χ2v) is 6.00. The summed E-state index contributed by atoms with van der Waals surface area (Å²) in [5.41, 5.74) is 0.640. The van der Waals surface area contributed by atoms with E-state index in [4.69, 9.17) is 0 Å². The first-order valence-electron chi connectivity index (χ1n) is 8.45. The van der Waals surface area contributed by atoms with E-state index in [1.165, 1.54) is 6.07 Å². The van der Waals surface area contributed by atoms with Gasteiger partial charge in [-0.15, -0.1) is 0 Å². The van der Waals surface area contributed by atoms with Crippen molar-refractivity contribution in [3.05, 3.63) is 29.3 Å². The Kier molecular flexibility index (Phi) is 5.71. The molecule has 0 aromatic heterocycles. The van der Waals surface area contributed by atoms with Crippen LogP contribution in [0.4, 0.5) is 18.9 Å². The SMILES string of the molecule is CC.O=C1CCc2ccc(C(F)(F)F)cc2N1CC1CCCC1. The lowest BCUT2D eigenvalue weighted by atomic mass is 9.97. The maximum atomic E-state index is 12.9. The van der Waals surface area contributed by atoms with Crippen LogP contribution < -0.4 is 4.90 Å². The molecule has 23 heavy (non-hydrogen) atoms. The van der Waals surface area contributed by atoms with Gasteiger partial charge in [0.05, 0.1) is 5.56 Å². The minimum atomic E-state index is -4.37. The van der Waals surface area contributed by atoms with E-state index in [9.17, 15) is 18.0 Å². The van der Waals surface area contributed by atoms with Crippen molar-refractivity contribution in [1.29, 1.82) is 0 Å². The van der Waals surface area contributed by atoms with Crippen LogP contribution in [-0.4, -0.2) is 12.5 Å². The van der Waals surface area contributed by atoms with Crippen LogP contribution in [0.1, 0.15) is 57.1 Å². The summed E-state index contributed by atoms with van der Waals surface area (Å²) >= 11 is 0. The third-order valence-corrected chi connectivity index (χ3v) is 4.53. The molecule has 1 saturated carbocycles. The van der Waals surface area contributed by atoms with Gasteiger partial charge in [0.2, 0.25) is 5.91 Å². The molecule has 0 saturated heterocycles. The lowest BCUT2D eigenvalue weighted by Crippen LogP contribution is -2.38. The highest BCUT2D eigenvalue weighted by atomic mass is 19.4. The number of hydrogen-bond donors (Lipinski definition) is 0. The van der Waals surface area contributed by atoms with Gasteiger partial charge < -0.3 is 4.90 Å². The van der Waals surface area contributed by atoms with Crippen molar-refractivity contribution in [2.24, 2.45) is 5.92 Å². The molecule has 1 heterocycles. The lowest BCUT2D eigenvalue weighted by molar-refractivity contribution is -0.137. The summed E-state index contributed by atoms with van der Waals surface area (Å²) in [4.78, 5) is 13.7. The number of carbonyl (C=O) groups excluding carboxylic acids is 1. The number of amides is 1. The van der Waals surface area contributed by atoms with Crippen molar-refractivity contribution in [2.75, 3.05) is 11.4 Å². The monoisotopic (exact) mass is 327 g/mol. The number of fused-ring (bicyclic) bond motifs is 1. The Balaban J connectivity index is 0.000000924. The number of anilines is 1. The van der Waals surface area contributed by atoms with Gasteiger partial charge in [-0.25, -0.2) is 0 Å². The maximum absolute atomic E-state index is 12.9. The van der Waals surface area contributed by atoms with Gasteiger partial charge in [-0.3, -0.25) is 4.79 Å². The summed E-state index contributed by atoms with van der Waals surface area (Å²) in [5.74, 6) is 0.378. The normalized spacial score (nSPS) is 18.5. The van der Waals surface area contributed by atoms with E-state index in [0.29, 0.717) is 31.0 Å². The molecule has 1 aromatic rings. The number of benzene rings is 1. The number of nitrogens with zero attached hydrogens (tertiary/aromatic N) is 1. The molecule has 1 amide bonds. The van der Waals surface area contributed by atoms with Gasteiger partial charge in [0, 0.05) is 18.7 Å². The van der Waals surface area contributed by atoms with Crippen LogP contribution in [0.5, 0.6) is 0 Å². The van der Waals surface area contributed by atoms with Gasteiger partial charge in [0.25, 0.3) is 0 Å². The molecule has 0 unspecified atom stereocenters. The molecule has 2 aliphatic rings. The molecule has 0 atom stereocenters. The van der Waals surface area contributed by atoms with Crippen molar-refractivity contribution in [3.63, 3.8) is 0 Å². The predicted octanol–water partition coefficient (Wildman–Crippen LogP) is 5.20. The molecular formula is C18H24F3NO. The topological polar surface area (TPSA) is 20.3 Å². The molecule has 0 radical (unpaired) electrons. The summed E-state index contributed by atoms with van der Waals surface area (Å²) in [6.07, 6.45) is 1.01. The number of alkyl halides is 3. The first-order chi connectivity index (χ1) is 10.9. The van der Waals surface area contributed by atoms with E-state index in [1.807, 2.05) is 13.8 Å². The molecule has 1 aliphatic heterocycles. The second kappa shape index (κ2) is 7.37. The van der Waals surface area contributed by atoms with Gasteiger partial charge in [-0.2, -0.15) is 13.2 Å². The van der Waals surface area contributed by atoms with E-state index in [0.717, 1.165) is 43.4 Å². The molecule has 0 N–H and O–H groups in total. The molecule has 1 aromatic carbocycles. The van der Waals surface area contributed by atoms with Crippen molar-refractivity contribution in [2.45, 2.75) is 58.5 Å². The van der Waals surface area contributed by atoms with Gasteiger partial charge in [-0.1, -0.05) is 32.8 Å². The van der Waals surface area contributed by atoms with Crippen molar-refractivity contribution in [3.8, 4) is 0 Å². The highest BCUT2D eigenvalue weighted by Gasteiger charge is 2.34. The molecule has 2 nitrogen and oxygen atoms in total. The van der Waals surface area contributed by atoms with E-state index >= 15 is 0 Å². The highest BCUT2D eigenvalue weighted by Crippen LogP contribution is 2.37. The molecule has 0 spiro atoms.